The Balaban J connectivity index is 3.69. The van der Waals surface area contributed by atoms with Gasteiger partial charge in [0.15, 0.2) is 0 Å². The van der Waals surface area contributed by atoms with Crippen LogP contribution in [0.25, 0.3) is 0 Å². The maximum absolute atomic E-state index is 5.54. The first-order valence-electron chi connectivity index (χ1n) is 4.59. The Labute approximate surface area is 70.3 Å². The Hall–Kier alpha value is -0.0800. The van der Waals surface area contributed by atoms with Gasteiger partial charge in [0.05, 0.1) is 6.17 Å². The third kappa shape index (κ3) is 5.22. The molecule has 0 aliphatic carbocycles. The molecule has 0 radical (unpaired) electrons. The highest BCUT2D eigenvalue weighted by molar-refractivity contribution is 4.66. The zero-order valence-corrected chi connectivity index (χ0v) is 8.01. The molecule has 0 spiro atoms. The minimum atomic E-state index is -0.131. The lowest BCUT2D eigenvalue weighted by Gasteiger charge is -2.21. The Morgan fingerprint density at radius 3 is 2.00 bits per heavy atom. The van der Waals surface area contributed by atoms with Crippen LogP contribution in [0.5, 0.6) is 0 Å². The lowest BCUT2D eigenvalue weighted by atomic mass is 9.88. The Morgan fingerprint density at radius 1 is 1.18 bits per heavy atom. The molecular formula is C9H22N2. The maximum Gasteiger partial charge on any atom is 0.0523 e. The molecule has 2 heteroatoms. The second kappa shape index (κ2) is 5.56. The summed E-state index contributed by atoms with van der Waals surface area (Å²) in [5.74, 6) is 1.42. The number of hydrogen-bond acceptors (Lipinski definition) is 2. The highest BCUT2D eigenvalue weighted by atomic mass is 14.8. The average Bonchev–Trinajstić information content (AvgIpc) is 1.86. The van der Waals surface area contributed by atoms with Gasteiger partial charge >= 0.3 is 0 Å². The van der Waals surface area contributed by atoms with E-state index >= 15 is 0 Å². The van der Waals surface area contributed by atoms with E-state index in [4.69, 9.17) is 11.5 Å². The van der Waals surface area contributed by atoms with Crippen LogP contribution in [0.4, 0.5) is 0 Å². The average molecular weight is 158 g/mol. The van der Waals surface area contributed by atoms with Crippen molar-refractivity contribution < 1.29 is 0 Å². The van der Waals surface area contributed by atoms with Crippen molar-refractivity contribution in [3.8, 4) is 0 Å². The van der Waals surface area contributed by atoms with Crippen molar-refractivity contribution in [2.45, 2.75) is 46.2 Å². The lowest BCUT2D eigenvalue weighted by molar-refractivity contribution is 0.312. The van der Waals surface area contributed by atoms with Gasteiger partial charge in [-0.3, -0.25) is 0 Å². The largest absolute Gasteiger partial charge is 0.316 e. The summed E-state index contributed by atoms with van der Waals surface area (Å²) in [6.45, 7) is 6.68. The predicted molar refractivity (Wildman–Crippen MR) is 50.0 cm³/mol. The SMILES string of the molecule is CCCC(CC(N)N)C(C)C. The molecule has 0 aliphatic rings. The van der Waals surface area contributed by atoms with Crippen molar-refractivity contribution in [1.82, 2.24) is 0 Å². The van der Waals surface area contributed by atoms with Gasteiger partial charge in [0.1, 0.15) is 0 Å². The van der Waals surface area contributed by atoms with Gasteiger partial charge in [0, 0.05) is 0 Å². The molecule has 0 bridgehead atoms. The van der Waals surface area contributed by atoms with E-state index in [-0.39, 0.29) is 6.17 Å². The van der Waals surface area contributed by atoms with E-state index in [1.807, 2.05) is 0 Å². The first-order chi connectivity index (χ1) is 5.07. The van der Waals surface area contributed by atoms with E-state index in [9.17, 15) is 0 Å². The molecule has 0 saturated carbocycles. The summed E-state index contributed by atoms with van der Waals surface area (Å²) in [4.78, 5) is 0. The molecule has 1 unspecified atom stereocenters. The standard InChI is InChI=1S/C9H22N2/c1-4-5-8(7(2)3)6-9(10)11/h7-9H,4-6,10-11H2,1-3H3. The van der Waals surface area contributed by atoms with Crippen LogP contribution in [-0.2, 0) is 0 Å². The summed E-state index contributed by atoms with van der Waals surface area (Å²) in [5.41, 5.74) is 11.1. The first kappa shape index (κ1) is 10.9. The summed E-state index contributed by atoms with van der Waals surface area (Å²) in [7, 11) is 0. The van der Waals surface area contributed by atoms with Crippen LogP contribution in [-0.4, -0.2) is 6.17 Å². The molecule has 68 valence electrons. The van der Waals surface area contributed by atoms with E-state index in [0.717, 1.165) is 6.42 Å². The summed E-state index contributed by atoms with van der Waals surface area (Å²) in [6, 6.07) is 0. The van der Waals surface area contributed by atoms with Crippen LogP contribution >= 0.6 is 0 Å². The molecule has 1 atom stereocenters. The topological polar surface area (TPSA) is 52.0 Å². The maximum atomic E-state index is 5.54. The van der Waals surface area contributed by atoms with Crippen LogP contribution in [0.3, 0.4) is 0 Å². The van der Waals surface area contributed by atoms with Crippen molar-refractivity contribution in [3.63, 3.8) is 0 Å². The third-order valence-electron chi connectivity index (χ3n) is 2.18. The molecule has 4 N–H and O–H groups in total. The molecule has 0 aliphatic heterocycles. The fourth-order valence-electron chi connectivity index (χ4n) is 1.44. The molecule has 0 heterocycles. The molecule has 0 aromatic heterocycles. The molecule has 0 fully saturated rings. The predicted octanol–water partition coefficient (Wildman–Crippen LogP) is 1.69. The van der Waals surface area contributed by atoms with Gasteiger partial charge in [0.25, 0.3) is 0 Å². The van der Waals surface area contributed by atoms with E-state index in [1.54, 1.807) is 0 Å². The third-order valence-corrected chi connectivity index (χ3v) is 2.18. The Kier molecular flexibility index (Phi) is 5.51. The van der Waals surface area contributed by atoms with Gasteiger partial charge < -0.3 is 11.5 Å². The molecule has 0 amide bonds. The van der Waals surface area contributed by atoms with Gasteiger partial charge in [-0.2, -0.15) is 0 Å². The molecule has 2 nitrogen and oxygen atoms in total. The van der Waals surface area contributed by atoms with Gasteiger partial charge in [0.2, 0.25) is 0 Å². The fraction of sp³-hybridized carbons (Fsp3) is 1.00. The normalized spacial score (nSPS) is 14.5. The number of nitrogens with two attached hydrogens (primary N) is 2. The van der Waals surface area contributed by atoms with Gasteiger partial charge in [-0.25, -0.2) is 0 Å². The summed E-state index contributed by atoms with van der Waals surface area (Å²) in [6.07, 6.45) is 3.32. The second-order valence-corrected chi connectivity index (χ2v) is 3.69. The number of rotatable bonds is 5. The van der Waals surface area contributed by atoms with Crippen molar-refractivity contribution in [2.24, 2.45) is 23.3 Å². The van der Waals surface area contributed by atoms with E-state index < -0.39 is 0 Å². The molecule has 11 heavy (non-hydrogen) atoms. The second-order valence-electron chi connectivity index (χ2n) is 3.69. The Morgan fingerprint density at radius 2 is 1.73 bits per heavy atom. The molecule has 0 aromatic carbocycles. The van der Waals surface area contributed by atoms with Gasteiger partial charge in [-0.1, -0.05) is 33.6 Å². The van der Waals surface area contributed by atoms with Gasteiger partial charge in [-0.05, 0) is 18.3 Å². The smallest absolute Gasteiger partial charge is 0.0523 e. The van der Waals surface area contributed by atoms with Crippen molar-refractivity contribution in [3.05, 3.63) is 0 Å². The van der Waals surface area contributed by atoms with E-state index in [2.05, 4.69) is 20.8 Å². The van der Waals surface area contributed by atoms with Crippen molar-refractivity contribution in [1.29, 1.82) is 0 Å². The summed E-state index contributed by atoms with van der Waals surface area (Å²) >= 11 is 0. The minimum absolute atomic E-state index is 0.131. The highest BCUT2D eigenvalue weighted by Gasteiger charge is 2.13. The molecular weight excluding hydrogens is 136 g/mol. The molecule has 0 rings (SSSR count). The zero-order valence-electron chi connectivity index (χ0n) is 8.01. The fourth-order valence-corrected chi connectivity index (χ4v) is 1.44. The summed E-state index contributed by atoms with van der Waals surface area (Å²) in [5, 5.41) is 0. The highest BCUT2D eigenvalue weighted by Crippen LogP contribution is 2.20. The minimum Gasteiger partial charge on any atom is -0.316 e. The van der Waals surface area contributed by atoms with Crippen LogP contribution in [0.15, 0.2) is 0 Å². The Bertz CT molecular complexity index is 89.6. The van der Waals surface area contributed by atoms with Crippen molar-refractivity contribution >= 4 is 0 Å². The molecule has 0 aromatic rings. The van der Waals surface area contributed by atoms with E-state index in [1.165, 1.54) is 12.8 Å². The first-order valence-corrected chi connectivity index (χ1v) is 4.59. The van der Waals surface area contributed by atoms with Crippen LogP contribution in [0, 0.1) is 11.8 Å². The quantitative estimate of drug-likeness (QED) is 0.598. The van der Waals surface area contributed by atoms with Crippen LogP contribution < -0.4 is 11.5 Å². The van der Waals surface area contributed by atoms with Gasteiger partial charge in [-0.15, -0.1) is 0 Å². The van der Waals surface area contributed by atoms with Crippen LogP contribution in [0.1, 0.15) is 40.0 Å². The summed E-state index contributed by atoms with van der Waals surface area (Å²) < 4.78 is 0. The van der Waals surface area contributed by atoms with Crippen molar-refractivity contribution in [2.75, 3.05) is 0 Å². The van der Waals surface area contributed by atoms with Crippen LogP contribution in [0.2, 0.25) is 0 Å². The molecule has 0 saturated heterocycles. The van der Waals surface area contributed by atoms with E-state index in [0.29, 0.717) is 11.8 Å². The number of hydrogen-bond donors (Lipinski definition) is 2. The lowest BCUT2D eigenvalue weighted by Crippen LogP contribution is -2.33. The monoisotopic (exact) mass is 158 g/mol. The zero-order chi connectivity index (χ0) is 8.85.